The van der Waals surface area contributed by atoms with Gasteiger partial charge in [-0.3, -0.25) is 10.1 Å². The minimum atomic E-state index is -1.22. The zero-order chi connectivity index (χ0) is 12.1. The molecule has 0 aliphatic rings. The Morgan fingerprint density at radius 2 is 2.12 bits per heavy atom. The number of rotatable bonds is 5. The van der Waals surface area contributed by atoms with E-state index in [1.165, 1.54) is 18.2 Å². The third-order valence-corrected chi connectivity index (χ3v) is 2.14. The number of benzene rings is 1. The minimum absolute atomic E-state index is 0.112. The van der Waals surface area contributed by atoms with Gasteiger partial charge < -0.3 is 15.3 Å². The number of hydrogen-bond donors (Lipinski definition) is 4. The second-order valence-electron chi connectivity index (χ2n) is 3.22. The van der Waals surface area contributed by atoms with E-state index in [1.807, 2.05) is 0 Å². The summed E-state index contributed by atoms with van der Waals surface area (Å²) in [4.78, 5) is 10.7. The van der Waals surface area contributed by atoms with Gasteiger partial charge in [0.1, 0.15) is 12.8 Å². The number of carboxylic acids is 1. The van der Waals surface area contributed by atoms with Crippen LogP contribution in [0.3, 0.4) is 0 Å². The Kier molecular flexibility index (Phi) is 4.07. The lowest BCUT2D eigenvalue weighted by atomic mass is 10.0. The molecule has 0 aliphatic carbocycles. The smallest absolute Gasteiger partial charge is 0.321 e. The maximum atomic E-state index is 12.0. The van der Waals surface area contributed by atoms with Gasteiger partial charge in [-0.1, -0.05) is 12.1 Å². The van der Waals surface area contributed by atoms with E-state index >= 15 is 0 Å². The highest BCUT2D eigenvalue weighted by Gasteiger charge is 2.19. The maximum Gasteiger partial charge on any atom is 0.321 e. The van der Waals surface area contributed by atoms with E-state index in [0.29, 0.717) is 0 Å². The number of carboxylic acid groups (broad SMARTS) is 1. The van der Waals surface area contributed by atoms with Crippen molar-refractivity contribution >= 4 is 5.97 Å². The summed E-state index contributed by atoms with van der Waals surface area (Å²) >= 11 is 0. The summed E-state index contributed by atoms with van der Waals surface area (Å²) in [6.45, 7) is -0.976. The van der Waals surface area contributed by atoms with Gasteiger partial charge in [0, 0.05) is 6.42 Å². The fourth-order valence-corrected chi connectivity index (χ4v) is 1.30. The summed E-state index contributed by atoms with van der Waals surface area (Å²) < 4.78 is 12.0. The lowest BCUT2D eigenvalue weighted by molar-refractivity contribution is -0.139. The minimum Gasteiger partial charge on any atom is -0.504 e. The summed E-state index contributed by atoms with van der Waals surface area (Å²) in [7, 11) is 0. The average Bonchev–Trinajstić information content (AvgIpc) is 2.23. The number of aliphatic carboxylic acids is 1. The molecule has 1 atom stereocenters. The van der Waals surface area contributed by atoms with Gasteiger partial charge in [0.15, 0.2) is 11.5 Å². The molecule has 1 rings (SSSR count). The lowest BCUT2D eigenvalue weighted by Gasteiger charge is -2.13. The van der Waals surface area contributed by atoms with Gasteiger partial charge in [0.25, 0.3) is 0 Å². The first-order valence-corrected chi connectivity index (χ1v) is 4.58. The predicted octanol–water partition coefficient (Wildman–Crippen LogP) is 0.610. The maximum absolute atomic E-state index is 12.0. The third kappa shape index (κ3) is 2.83. The number of aromatic hydroxyl groups is 2. The summed E-state index contributed by atoms with van der Waals surface area (Å²) in [5.74, 6) is -1.93. The van der Waals surface area contributed by atoms with Gasteiger partial charge in [-0.15, -0.1) is 0 Å². The normalized spacial score (nSPS) is 12.3. The van der Waals surface area contributed by atoms with Gasteiger partial charge in [-0.2, -0.15) is 0 Å². The Morgan fingerprint density at radius 3 is 2.69 bits per heavy atom. The second-order valence-corrected chi connectivity index (χ2v) is 3.22. The van der Waals surface area contributed by atoms with Crippen LogP contribution in [-0.2, 0) is 11.2 Å². The molecule has 1 aromatic rings. The Labute approximate surface area is 91.2 Å². The molecule has 0 spiro atoms. The Bertz CT molecular complexity index is 383. The lowest BCUT2D eigenvalue weighted by Crippen LogP contribution is -2.37. The van der Waals surface area contributed by atoms with Crippen molar-refractivity contribution < 1.29 is 24.5 Å². The number of phenolic OH excluding ortho intramolecular Hbond substituents is 2. The molecule has 1 aromatic carbocycles. The zero-order valence-corrected chi connectivity index (χ0v) is 8.35. The number of nitrogens with one attached hydrogen (secondary N) is 1. The molecule has 4 N–H and O–H groups in total. The van der Waals surface area contributed by atoms with E-state index in [0.717, 1.165) is 0 Å². The van der Waals surface area contributed by atoms with Gasteiger partial charge in [-0.25, -0.2) is 4.39 Å². The molecule has 16 heavy (non-hydrogen) atoms. The molecule has 88 valence electrons. The molecular weight excluding hydrogens is 217 g/mol. The number of para-hydroxylation sites is 1. The van der Waals surface area contributed by atoms with Gasteiger partial charge in [0.2, 0.25) is 0 Å². The van der Waals surface area contributed by atoms with Crippen LogP contribution in [-0.4, -0.2) is 34.1 Å². The molecule has 0 aromatic heterocycles. The summed E-state index contributed by atoms with van der Waals surface area (Å²) in [6, 6.07) is 3.07. The highest BCUT2D eigenvalue weighted by molar-refractivity contribution is 5.74. The molecule has 0 fully saturated rings. The van der Waals surface area contributed by atoms with Crippen LogP contribution >= 0.6 is 0 Å². The topological polar surface area (TPSA) is 89.8 Å². The molecule has 0 radical (unpaired) electrons. The summed E-state index contributed by atoms with van der Waals surface area (Å²) in [5, 5.41) is 29.5. The van der Waals surface area contributed by atoms with Crippen molar-refractivity contribution in [2.24, 2.45) is 0 Å². The molecule has 0 heterocycles. The van der Waals surface area contributed by atoms with Crippen LogP contribution in [0.1, 0.15) is 5.56 Å². The third-order valence-electron chi connectivity index (χ3n) is 2.14. The number of halogens is 1. The fraction of sp³-hybridized carbons (Fsp3) is 0.300. The largest absolute Gasteiger partial charge is 0.504 e. The van der Waals surface area contributed by atoms with E-state index in [4.69, 9.17) is 5.11 Å². The van der Waals surface area contributed by atoms with E-state index in [1.54, 1.807) is 0 Å². The summed E-state index contributed by atoms with van der Waals surface area (Å²) in [5.41, 5.74) is 0.244. The van der Waals surface area contributed by atoms with Crippen LogP contribution in [0, 0.1) is 0 Å². The molecular formula is C10H12FNO4. The Balaban J connectivity index is 2.85. The fourth-order valence-electron chi connectivity index (χ4n) is 1.30. The van der Waals surface area contributed by atoms with E-state index in [2.05, 4.69) is 5.32 Å². The monoisotopic (exact) mass is 229 g/mol. The molecule has 0 bridgehead atoms. The molecule has 6 heteroatoms. The zero-order valence-electron chi connectivity index (χ0n) is 8.35. The van der Waals surface area contributed by atoms with E-state index < -0.39 is 18.8 Å². The molecule has 0 saturated heterocycles. The van der Waals surface area contributed by atoms with Crippen LogP contribution in [0.25, 0.3) is 0 Å². The van der Waals surface area contributed by atoms with Crippen molar-refractivity contribution in [3.05, 3.63) is 23.8 Å². The van der Waals surface area contributed by atoms with Crippen LogP contribution in [0.4, 0.5) is 4.39 Å². The second kappa shape index (κ2) is 5.32. The number of hydrogen-bond acceptors (Lipinski definition) is 4. The molecule has 0 amide bonds. The van der Waals surface area contributed by atoms with Crippen LogP contribution in [0.5, 0.6) is 11.5 Å². The molecule has 1 unspecified atom stereocenters. The van der Waals surface area contributed by atoms with Crippen LogP contribution in [0.15, 0.2) is 18.2 Å². The van der Waals surface area contributed by atoms with Crippen molar-refractivity contribution in [2.45, 2.75) is 12.5 Å². The molecule has 0 saturated carbocycles. The SMILES string of the molecule is O=C(O)C(Cc1cccc(O)c1O)NCF. The first kappa shape index (κ1) is 12.3. The predicted molar refractivity (Wildman–Crippen MR) is 54.0 cm³/mol. The number of alkyl halides is 1. The molecule has 5 nitrogen and oxygen atoms in total. The molecule has 0 aliphatic heterocycles. The van der Waals surface area contributed by atoms with Crippen LogP contribution in [0.2, 0.25) is 0 Å². The first-order chi connectivity index (χ1) is 7.56. The van der Waals surface area contributed by atoms with Gasteiger partial charge >= 0.3 is 5.97 Å². The number of carbonyl (C=O) groups is 1. The quantitative estimate of drug-likeness (QED) is 0.439. The van der Waals surface area contributed by atoms with Crippen molar-refractivity contribution in [2.75, 3.05) is 6.80 Å². The highest BCUT2D eigenvalue weighted by atomic mass is 19.1. The standard InChI is InChI=1S/C10H12FNO4/c11-5-12-7(10(15)16)4-6-2-1-3-8(13)9(6)14/h1-3,7,12-14H,4-5H2,(H,15,16). The van der Waals surface area contributed by atoms with E-state index in [-0.39, 0.29) is 23.5 Å². The van der Waals surface area contributed by atoms with Crippen LogP contribution < -0.4 is 5.32 Å². The summed E-state index contributed by atoms with van der Waals surface area (Å²) in [6.07, 6.45) is -0.112. The Hall–Kier alpha value is -1.82. The number of phenols is 2. The van der Waals surface area contributed by atoms with Crippen molar-refractivity contribution in [1.29, 1.82) is 0 Å². The van der Waals surface area contributed by atoms with Gasteiger partial charge in [0.05, 0.1) is 0 Å². The van der Waals surface area contributed by atoms with Crippen molar-refractivity contribution in [1.82, 2.24) is 5.32 Å². The van der Waals surface area contributed by atoms with E-state index in [9.17, 15) is 19.4 Å². The highest BCUT2D eigenvalue weighted by Crippen LogP contribution is 2.28. The van der Waals surface area contributed by atoms with Crippen molar-refractivity contribution in [3.8, 4) is 11.5 Å². The first-order valence-electron chi connectivity index (χ1n) is 4.58. The Morgan fingerprint density at radius 1 is 1.44 bits per heavy atom. The van der Waals surface area contributed by atoms with Crippen molar-refractivity contribution in [3.63, 3.8) is 0 Å². The van der Waals surface area contributed by atoms with Gasteiger partial charge in [-0.05, 0) is 11.6 Å². The average molecular weight is 229 g/mol.